The zero-order valence-corrected chi connectivity index (χ0v) is 11.5. The highest BCUT2D eigenvalue weighted by atomic mass is 35.5. The highest BCUT2D eigenvalue weighted by Crippen LogP contribution is 2.36. The van der Waals surface area contributed by atoms with Crippen molar-refractivity contribution in [2.45, 2.75) is 32.1 Å². The monoisotopic (exact) mass is 292 g/mol. The summed E-state index contributed by atoms with van der Waals surface area (Å²) in [5, 5.41) is 3.64. The Labute approximate surface area is 115 Å². The Bertz CT molecular complexity index is 462. The van der Waals surface area contributed by atoms with Crippen molar-refractivity contribution >= 4 is 17.3 Å². The molecule has 0 spiro atoms. The number of anilines is 1. The Morgan fingerprint density at radius 2 is 2.00 bits per heavy atom. The third-order valence-corrected chi connectivity index (χ3v) is 3.67. The van der Waals surface area contributed by atoms with Gasteiger partial charge in [0.25, 0.3) is 0 Å². The van der Waals surface area contributed by atoms with Crippen LogP contribution in [-0.2, 0) is 6.18 Å². The topological polar surface area (TPSA) is 15.3 Å². The zero-order chi connectivity index (χ0) is 14.2. The SMILES string of the molecule is CC1CN(c2cc(C(F)(F)F)ccc2Cl)C(C)CN1. The molecule has 2 rings (SSSR count). The van der Waals surface area contributed by atoms with E-state index in [2.05, 4.69) is 5.32 Å². The predicted octanol–water partition coefficient (Wildman–Crippen LogP) is 3.55. The lowest BCUT2D eigenvalue weighted by atomic mass is 10.1. The maximum absolute atomic E-state index is 12.8. The number of benzene rings is 1. The van der Waals surface area contributed by atoms with Gasteiger partial charge in [0.15, 0.2) is 0 Å². The summed E-state index contributed by atoms with van der Waals surface area (Å²) in [6, 6.07) is 3.80. The summed E-state index contributed by atoms with van der Waals surface area (Å²) >= 11 is 6.06. The van der Waals surface area contributed by atoms with Crippen LogP contribution in [0.1, 0.15) is 19.4 Å². The summed E-state index contributed by atoms with van der Waals surface area (Å²) in [4.78, 5) is 1.93. The van der Waals surface area contributed by atoms with Gasteiger partial charge >= 0.3 is 6.18 Å². The fourth-order valence-corrected chi connectivity index (χ4v) is 2.49. The van der Waals surface area contributed by atoms with Gasteiger partial charge in [0, 0.05) is 25.2 Å². The second kappa shape index (κ2) is 5.21. The molecule has 1 saturated heterocycles. The summed E-state index contributed by atoms with van der Waals surface area (Å²) in [5.74, 6) is 0. The molecule has 1 aliphatic heterocycles. The predicted molar refractivity (Wildman–Crippen MR) is 70.7 cm³/mol. The normalized spacial score (nSPS) is 24.6. The second-order valence-corrected chi connectivity index (χ2v) is 5.38. The van der Waals surface area contributed by atoms with Gasteiger partial charge in [-0.05, 0) is 32.0 Å². The van der Waals surface area contributed by atoms with E-state index in [9.17, 15) is 13.2 Å². The van der Waals surface area contributed by atoms with E-state index in [1.165, 1.54) is 6.07 Å². The summed E-state index contributed by atoms with van der Waals surface area (Å²) in [7, 11) is 0. The molecule has 1 N–H and O–H groups in total. The Hall–Kier alpha value is -0.940. The van der Waals surface area contributed by atoms with Crippen LogP contribution in [0.5, 0.6) is 0 Å². The van der Waals surface area contributed by atoms with Crippen molar-refractivity contribution in [2.75, 3.05) is 18.0 Å². The third-order valence-electron chi connectivity index (χ3n) is 3.35. The van der Waals surface area contributed by atoms with Crippen molar-refractivity contribution in [1.29, 1.82) is 0 Å². The van der Waals surface area contributed by atoms with E-state index in [1.807, 2.05) is 18.7 Å². The van der Waals surface area contributed by atoms with Crippen molar-refractivity contribution in [2.24, 2.45) is 0 Å². The van der Waals surface area contributed by atoms with E-state index in [-0.39, 0.29) is 12.1 Å². The first-order valence-electron chi connectivity index (χ1n) is 6.16. The summed E-state index contributed by atoms with van der Waals surface area (Å²) in [5.41, 5.74) is -0.206. The molecular formula is C13H16ClF3N2. The lowest BCUT2D eigenvalue weighted by Crippen LogP contribution is -2.54. The molecule has 0 bridgehead atoms. The molecule has 1 fully saturated rings. The molecule has 0 radical (unpaired) electrons. The molecule has 1 aliphatic rings. The van der Waals surface area contributed by atoms with Gasteiger partial charge in [-0.1, -0.05) is 11.6 Å². The molecule has 6 heteroatoms. The minimum atomic E-state index is -4.35. The Morgan fingerprint density at radius 1 is 1.32 bits per heavy atom. The Kier molecular flexibility index (Phi) is 3.97. The van der Waals surface area contributed by atoms with Crippen LogP contribution in [-0.4, -0.2) is 25.2 Å². The van der Waals surface area contributed by atoms with Gasteiger partial charge in [-0.3, -0.25) is 0 Å². The van der Waals surface area contributed by atoms with Gasteiger partial charge in [0.05, 0.1) is 16.3 Å². The second-order valence-electron chi connectivity index (χ2n) is 4.97. The van der Waals surface area contributed by atoms with Gasteiger partial charge in [0.1, 0.15) is 0 Å². The van der Waals surface area contributed by atoms with Crippen LogP contribution >= 0.6 is 11.6 Å². The van der Waals surface area contributed by atoms with E-state index in [1.54, 1.807) is 0 Å². The maximum Gasteiger partial charge on any atom is 0.416 e. The third kappa shape index (κ3) is 3.15. The van der Waals surface area contributed by atoms with Gasteiger partial charge in [0.2, 0.25) is 0 Å². The molecule has 106 valence electrons. The fraction of sp³-hybridized carbons (Fsp3) is 0.538. The Morgan fingerprint density at radius 3 is 2.63 bits per heavy atom. The van der Waals surface area contributed by atoms with E-state index < -0.39 is 11.7 Å². The molecule has 0 aliphatic carbocycles. The number of nitrogens with zero attached hydrogens (tertiary/aromatic N) is 1. The molecule has 0 aromatic heterocycles. The standard InChI is InChI=1S/C13H16ClF3N2/c1-8-7-19(9(2)6-18-8)12-5-10(13(15,16)17)3-4-11(12)14/h3-5,8-9,18H,6-7H2,1-2H3. The minimum absolute atomic E-state index is 0.109. The van der Waals surface area contributed by atoms with Crippen LogP contribution in [0.25, 0.3) is 0 Å². The molecule has 0 amide bonds. The lowest BCUT2D eigenvalue weighted by Gasteiger charge is -2.39. The van der Waals surface area contributed by atoms with Gasteiger partial charge in [-0.25, -0.2) is 0 Å². The average Bonchev–Trinajstić information content (AvgIpc) is 2.32. The molecule has 2 nitrogen and oxygen atoms in total. The molecule has 0 saturated carbocycles. The Balaban J connectivity index is 2.37. The van der Waals surface area contributed by atoms with E-state index in [4.69, 9.17) is 11.6 Å². The molecule has 2 atom stereocenters. The first-order chi connectivity index (χ1) is 8.79. The molecule has 1 aromatic rings. The first kappa shape index (κ1) is 14.5. The fourth-order valence-electron chi connectivity index (χ4n) is 2.27. The molecular weight excluding hydrogens is 277 g/mol. The highest BCUT2D eigenvalue weighted by molar-refractivity contribution is 6.33. The summed E-state index contributed by atoms with van der Waals surface area (Å²) < 4.78 is 38.3. The van der Waals surface area contributed by atoms with Crippen LogP contribution in [0.2, 0.25) is 5.02 Å². The largest absolute Gasteiger partial charge is 0.416 e. The number of rotatable bonds is 1. The van der Waals surface area contributed by atoms with E-state index in [0.29, 0.717) is 17.3 Å². The number of hydrogen-bond donors (Lipinski definition) is 1. The maximum atomic E-state index is 12.8. The number of alkyl halides is 3. The smallest absolute Gasteiger partial charge is 0.365 e. The summed E-state index contributed by atoms with van der Waals surface area (Å²) in [6.07, 6.45) is -4.35. The zero-order valence-electron chi connectivity index (χ0n) is 10.8. The van der Waals surface area contributed by atoms with Crippen LogP contribution in [0, 0.1) is 0 Å². The van der Waals surface area contributed by atoms with Gasteiger partial charge in [-0.2, -0.15) is 13.2 Å². The molecule has 19 heavy (non-hydrogen) atoms. The number of hydrogen-bond acceptors (Lipinski definition) is 2. The number of nitrogens with one attached hydrogen (secondary N) is 1. The average molecular weight is 293 g/mol. The molecule has 1 aromatic carbocycles. The van der Waals surface area contributed by atoms with Gasteiger partial charge in [-0.15, -0.1) is 0 Å². The van der Waals surface area contributed by atoms with Crippen LogP contribution in [0.3, 0.4) is 0 Å². The van der Waals surface area contributed by atoms with Gasteiger partial charge < -0.3 is 10.2 Å². The van der Waals surface area contributed by atoms with Crippen molar-refractivity contribution in [3.8, 4) is 0 Å². The first-order valence-corrected chi connectivity index (χ1v) is 6.53. The molecule has 2 unspecified atom stereocenters. The summed E-state index contributed by atoms with van der Waals surface area (Å²) in [6.45, 7) is 5.34. The van der Waals surface area contributed by atoms with Crippen molar-refractivity contribution in [3.63, 3.8) is 0 Å². The van der Waals surface area contributed by atoms with Crippen molar-refractivity contribution < 1.29 is 13.2 Å². The number of piperazine rings is 1. The quantitative estimate of drug-likeness (QED) is 0.851. The highest BCUT2D eigenvalue weighted by Gasteiger charge is 2.32. The van der Waals surface area contributed by atoms with E-state index in [0.717, 1.165) is 18.7 Å². The van der Waals surface area contributed by atoms with Crippen LogP contribution in [0.15, 0.2) is 18.2 Å². The van der Waals surface area contributed by atoms with E-state index >= 15 is 0 Å². The lowest BCUT2D eigenvalue weighted by molar-refractivity contribution is -0.137. The number of halogens is 4. The molecule has 1 heterocycles. The van der Waals surface area contributed by atoms with Crippen molar-refractivity contribution in [1.82, 2.24) is 5.32 Å². The van der Waals surface area contributed by atoms with Crippen LogP contribution < -0.4 is 10.2 Å². The van der Waals surface area contributed by atoms with Crippen molar-refractivity contribution in [3.05, 3.63) is 28.8 Å². The van der Waals surface area contributed by atoms with Crippen LogP contribution in [0.4, 0.5) is 18.9 Å². The minimum Gasteiger partial charge on any atom is -0.365 e.